The summed E-state index contributed by atoms with van der Waals surface area (Å²) in [6.45, 7) is 2.93. The zero-order valence-electron chi connectivity index (χ0n) is 9.24. The van der Waals surface area contributed by atoms with Gasteiger partial charge in [-0.15, -0.1) is 0 Å². The van der Waals surface area contributed by atoms with E-state index in [2.05, 4.69) is 20.2 Å². The van der Waals surface area contributed by atoms with Crippen molar-refractivity contribution in [2.45, 2.75) is 25.7 Å². The highest BCUT2D eigenvalue weighted by atomic mass is 16.3. The quantitative estimate of drug-likeness (QED) is 0.743. The van der Waals surface area contributed by atoms with Crippen LogP contribution in [0.4, 0.5) is 11.8 Å². The van der Waals surface area contributed by atoms with E-state index in [1.165, 1.54) is 12.8 Å². The molecule has 0 aliphatic carbocycles. The first-order valence-electron chi connectivity index (χ1n) is 5.93. The number of aromatic nitrogens is 2. The van der Waals surface area contributed by atoms with Gasteiger partial charge in [0.25, 0.3) is 0 Å². The van der Waals surface area contributed by atoms with Gasteiger partial charge in [-0.3, -0.25) is 0 Å². The summed E-state index contributed by atoms with van der Waals surface area (Å²) in [5.41, 5.74) is 0.870. The van der Waals surface area contributed by atoms with Gasteiger partial charge in [0, 0.05) is 19.6 Å². The van der Waals surface area contributed by atoms with Gasteiger partial charge in [-0.25, -0.2) is 0 Å². The first-order chi connectivity index (χ1) is 7.84. The zero-order chi connectivity index (χ0) is 11.0. The maximum absolute atomic E-state index is 9.88. The average Bonchev–Trinajstić information content (AvgIpc) is 2.82. The van der Waals surface area contributed by atoms with Gasteiger partial charge in [-0.1, -0.05) is 0 Å². The van der Waals surface area contributed by atoms with E-state index in [-0.39, 0.29) is 5.88 Å². The number of nitrogens with zero attached hydrogens (tertiary/aromatic N) is 3. The topological polar surface area (TPSA) is 61.3 Å². The standard InChI is InChI=1S/C11H16N4O/c16-10-8-4-3-5-12-9(8)13-11(14-10)15-6-1-2-7-15/h1-7H2,(H2,12,13,14,16). The Balaban J connectivity index is 1.97. The summed E-state index contributed by atoms with van der Waals surface area (Å²) >= 11 is 0. The van der Waals surface area contributed by atoms with Crippen molar-refractivity contribution in [3.05, 3.63) is 5.56 Å². The van der Waals surface area contributed by atoms with Crippen molar-refractivity contribution in [2.24, 2.45) is 0 Å². The van der Waals surface area contributed by atoms with Crippen LogP contribution in [0.2, 0.25) is 0 Å². The molecule has 1 aromatic heterocycles. The van der Waals surface area contributed by atoms with Crippen molar-refractivity contribution in [1.82, 2.24) is 9.97 Å². The van der Waals surface area contributed by atoms with E-state index in [1.807, 2.05) is 0 Å². The van der Waals surface area contributed by atoms with Crippen LogP contribution in [0.1, 0.15) is 24.8 Å². The van der Waals surface area contributed by atoms with Gasteiger partial charge in [0.05, 0.1) is 5.56 Å². The first-order valence-corrected chi connectivity index (χ1v) is 5.93. The molecule has 0 atom stereocenters. The molecule has 2 aliphatic heterocycles. The highest BCUT2D eigenvalue weighted by Crippen LogP contribution is 2.29. The molecule has 0 aromatic carbocycles. The third-order valence-electron chi connectivity index (χ3n) is 3.26. The number of nitrogens with one attached hydrogen (secondary N) is 1. The highest BCUT2D eigenvalue weighted by molar-refractivity contribution is 5.55. The average molecular weight is 220 g/mol. The smallest absolute Gasteiger partial charge is 0.230 e. The summed E-state index contributed by atoms with van der Waals surface area (Å²) in [4.78, 5) is 10.8. The molecule has 1 saturated heterocycles. The van der Waals surface area contributed by atoms with E-state index < -0.39 is 0 Å². The SMILES string of the molecule is Oc1nc(N2CCCC2)nc2c1CCCN2. The Hall–Kier alpha value is -1.52. The lowest BCUT2D eigenvalue weighted by Crippen LogP contribution is -2.23. The van der Waals surface area contributed by atoms with Crippen LogP contribution in [0.25, 0.3) is 0 Å². The Morgan fingerprint density at radius 3 is 2.75 bits per heavy atom. The van der Waals surface area contributed by atoms with E-state index in [0.717, 1.165) is 43.9 Å². The van der Waals surface area contributed by atoms with Gasteiger partial charge in [0.1, 0.15) is 5.82 Å². The minimum atomic E-state index is 0.152. The molecule has 1 fully saturated rings. The van der Waals surface area contributed by atoms with Crippen LogP contribution in [-0.4, -0.2) is 34.7 Å². The fraction of sp³-hybridized carbons (Fsp3) is 0.636. The predicted molar refractivity (Wildman–Crippen MR) is 62.0 cm³/mol. The second-order valence-electron chi connectivity index (χ2n) is 4.40. The summed E-state index contributed by atoms with van der Waals surface area (Å²) in [6, 6.07) is 0. The number of fused-ring (bicyclic) bond motifs is 1. The summed E-state index contributed by atoms with van der Waals surface area (Å²) in [6.07, 6.45) is 4.28. The number of rotatable bonds is 1. The van der Waals surface area contributed by atoms with Crippen LogP contribution in [0.15, 0.2) is 0 Å². The Bertz CT molecular complexity index is 401. The van der Waals surface area contributed by atoms with Crippen molar-refractivity contribution in [1.29, 1.82) is 0 Å². The number of hydrogen-bond acceptors (Lipinski definition) is 5. The van der Waals surface area contributed by atoms with Crippen molar-refractivity contribution < 1.29 is 5.11 Å². The van der Waals surface area contributed by atoms with E-state index >= 15 is 0 Å². The molecule has 16 heavy (non-hydrogen) atoms. The van der Waals surface area contributed by atoms with Crippen molar-refractivity contribution in [3.63, 3.8) is 0 Å². The molecule has 0 amide bonds. The maximum atomic E-state index is 9.88. The van der Waals surface area contributed by atoms with Gasteiger partial charge in [-0.2, -0.15) is 9.97 Å². The molecule has 0 unspecified atom stereocenters. The molecule has 5 nitrogen and oxygen atoms in total. The lowest BCUT2D eigenvalue weighted by atomic mass is 10.1. The Morgan fingerprint density at radius 1 is 1.12 bits per heavy atom. The van der Waals surface area contributed by atoms with Gasteiger partial charge in [-0.05, 0) is 25.7 Å². The summed E-state index contributed by atoms with van der Waals surface area (Å²) < 4.78 is 0. The van der Waals surface area contributed by atoms with Crippen LogP contribution in [0.3, 0.4) is 0 Å². The fourth-order valence-electron chi connectivity index (χ4n) is 2.37. The molecular formula is C11H16N4O. The van der Waals surface area contributed by atoms with Gasteiger partial charge >= 0.3 is 0 Å². The van der Waals surface area contributed by atoms with Crippen LogP contribution in [-0.2, 0) is 6.42 Å². The second kappa shape index (κ2) is 3.81. The minimum Gasteiger partial charge on any atom is -0.493 e. The van der Waals surface area contributed by atoms with E-state index in [9.17, 15) is 5.11 Å². The first kappa shape index (κ1) is 9.69. The minimum absolute atomic E-state index is 0.152. The van der Waals surface area contributed by atoms with Crippen LogP contribution in [0.5, 0.6) is 5.88 Å². The number of anilines is 2. The summed E-state index contributed by atoms with van der Waals surface area (Å²) in [5, 5.41) is 13.1. The normalized spacial score (nSPS) is 19.4. The summed E-state index contributed by atoms with van der Waals surface area (Å²) in [7, 11) is 0. The van der Waals surface area contributed by atoms with E-state index in [1.54, 1.807) is 0 Å². The Labute approximate surface area is 94.5 Å². The lowest BCUT2D eigenvalue weighted by molar-refractivity contribution is 0.442. The molecule has 3 heterocycles. The molecule has 0 spiro atoms. The molecule has 1 aromatic rings. The summed E-state index contributed by atoms with van der Waals surface area (Å²) in [5.74, 6) is 1.64. The van der Waals surface area contributed by atoms with Crippen molar-refractivity contribution in [3.8, 4) is 5.88 Å². The van der Waals surface area contributed by atoms with Crippen LogP contribution >= 0.6 is 0 Å². The highest BCUT2D eigenvalue weighted by Gasteiger charge is 2.21. The van der Waals surface area contributed by atoms with E-state index in [0.29, 0.717) is 5.95 Å². The molecule has 3 rings (SSSR count). The molecule has 2 N–H and O–H groups in total. The zero-order valence-corrected chi connectivity index (χ0v) is 9.24. The maximum Gasteiger partial charge on any atom is 0.230 e. The number of aromatic hydroxyl groups is 1. The fourth-order valence-corrected chi connectivity index (χ4v) is 2.37. The molecule has 0 saturated carbocycles. The molecule has 86 valence electrons. The third kappa shape index (κ3) is 1.56. The molecular weight excluding hydrogens is 204 g/mol. The lowest BCUT2D eigenvalue weighted by Gasteiger charge is -2.21. The van der Waals surface area contributed by atoms with Gasteiger partial charge in [0.15, 0.2) is 0 Å². The molecule has 0 bridgehead atoms. The molecule has 5 heteroatoms. The van der Waals surface area contributed by atoms with Crippen molar-refractivity contribution in [2.75, 3.05) is 29.9 Å². The Kier molecular flexibility index (Phi) is 2.31. The largest absolute Gasteiger partial charge is 0.493 e. The van der Waals surface area contributed by atoms with Gasteiger partial charge < -0.3 is 15.3 Å². The van der Waals surface area contributed by atoms with Crippen molar-refractivity contribution >= 4 is 11.8 Å². The molecule has 2 aliphatic rings. The molecule has 0 radical (unpaired) electrons. The third-order valence-corrected chi connectivity index (χ3v) is 3.26. The number of hydrogen-bond donors (Lipinski definition) is 2. The van der Waals surface area contributed by atoms with Crippen LogP contribution < -0.4 is 10.2 Å². The predicted octanol–water partition coefficient (Wildman–Crippen LogP) is 1.14. The Morgan fingerprint density at radius 2 is 1.94 bits per heavy atom. The second-order valence-corrected chi connectivity index (χ2v) is 4.40. The monoisotopic (exact) mass is 220 g/mol. The van der Waals surface area contributed by atoms with Gasteiger partial charge in [0.2, 0.25) is 11.8 Å². The van der Waals surface area contributed by atoms with E-state index in [4.69, 9.17) is 0 Å². The van der Waals surface area contributed by atoms with Crippen LogP contribution in [0, 0.1) is 0 Å².